The summed E-state index contributed by atoms with van der Waals surface area (Å²) in [7, 11) is 0. The number of H-pyrrole nitrogens is 1. The summed E-state index contributed by atoms with van der Waals surface area (Å²) in [6, 6.07) is 12.5. The van der Waals surface area contributed by atoms with Crippen LogP contribution in [0.5, 0.6) is 0 Å². The zero-order valence-electron chi connectivity index (χ0n) is 9.15. The fourth-order valence-electron chi connectivity index (χ4n) is 1.98. The monoisotopic (exact) mass is 322 g/mol. The van der Waals surface area contributed by atoms with E-state index in [9.17, 15) is 4.39 Å². The fourth-order valence-corrected chi connectivity index (χ4v) is 2.74. The van der Waals surface area contributed by atoms with Crippen LogP contribution in [-0.4, -0.2) is 9.55 Å². The molecular formula is C13H8BrFN2S. The lowest BCUT2D eigenvalue weighted by atomic mass is 10.2. The van der Waals surface area contributed by atoms with Crippen LogP contribution in [0.1, 0.15) is 0 Å². The number of fused-ring (bicyclic) bond motifs is 1. The molecule has 0 saturated carbocycles. The highest BCUT2D eigenvalue weighted by Gasteiger charge is 2.12. The van der Waals surface area contributed by atoms with Crippen molar-refractivity contribution < 1.29 is 4.39 Å². The van der Waals surface area contributed by atoms with E-state index in [2.05, 4.69) is 20.9 Å². The van der Waals surface area contributed by atoms with Gasteiger partial charge in [0, 0.05) is 4.47 Å². The summed E-state index contributed by atoms with van der Waals surface area (Å²) in [5, 5.41) is 0. The zero-order chi connectivity index (χ0) is 12.7. The minimum Gasteiger partial charge on any atom is -0.330 e. The van der Waals surface area contributed by atoms with Crippen LogP contribution in [0.25, 0.3) is 16.7 Å². The molecule has 1 heterocycles. The average molecular weight is 323 g/mol. The van der Waals surface area contributed by atoms with E-state index < -0.39 is 0 Å². The van der Waals surface area contributed by atoms with Crippen LogP contribution in [0.2, 0.25) is 0 Å². The van der Waals surface area contributed by atoms with E-state index in [1.54, 1.807) is 10.6 Å². The summed E-state index contributed by atoms with van der Waals surface area (Å²) >= 11 is 8.73. The summed E-state index contributed by atoms with van der Waals surface area (Å²) < 4.78 is 17.0. The number of aromatic nitrogens is 2. The van der Waals surface area contributed by atoms with Crippen LogP contribution in [0.15, 0.2) is 46.9 Å². The number of benzene rings is 2. The summed E-state index contributed by atoms with van der Waals surface area (Å²) in [4.78, 5) is 3.01. The first-order chi connectivity index (χ1) is 8.68. The third kappa shape index (κ3) is 1.71. The van der Waals surface area contributed by atoms with E-state index in [1.807, 2.05) is 30.3 Å². The van der Waals surface area contributed by atoms with Crippen molar-refractivity contribution in [3.05, 3.63) is 57.5 Å². The molecule has 90 valence electrons. The Morgan fingerprint density at radius 1 is 1.11 bits per heavy atom. The first-order valence-electron chi connectivity index (χ1n) is 5.32. The first-order valence-corrected chi connectivity index (χ1v) is 6.53. The number of hydrogen-bond donors (Lipinski definition) is 1. The Kier molecular flexibility index (Phi) is 2.80. The van der Waals surface area contributed by atoms with Crippen LogP contribution < -0.4 is 0 Å². The van der Waals surface area contributed by atoms with E-state index in [-0.39, 0.29) is 5.82 Å². The third-order valence-corrected chi connectivity index (χ3v) is 3.70. The highest BCUT2D eigenvalue weighted by Crippen LogP contribution is 2.26. The van der Waals surface area contributed by atoms with Crippen LogP contribution >= 0.6 is 28.1 Å². The molecule has 0 saturated heterocycles. The number of halogens is 2. The van der Waals surface area contributed by atoms with Gasteiger partial charge in [0.25, 0.3) is 0 Å². The minimum absolute atomic E-state index is 0.296. The number of rotatable bonds is 1. The predicted molar refractivity (Wildman–Crippen MR) is 76.1 cm³/mol. The lowest BCUT2D eigenvalue weighted by Gasteiger charge is -2.07. The smallest absolute Gasteiger partial charge is 0.182 e. The Morgan fingerprint density at radius 2 is 1.89 bits per heavy atom. The number of hydrogen-bond acceptors (Lipinski definition) is 1. The second kappa shape index (κ2) is 4.33. The van der Waals surface area contributed by atoms with Gasteiger partial charge in [-0.05, 0) is 52.4 Å². The molecule has 0 bridgehead atoms. The quantitative estimate of drug-likeness (QED) is 0.650. The molecule has 0 amide bonds. The zero-order valence-corrected chi connectivity index (χ0v) is 11.6. The molecule has 0 fully saturated rings. The number of para-hydroxylation sites is 2. The van der Waals surface area contributed by atoms with Crippen molar-refractivity contribution in [1.29, 1.82) is 0 Å². The molecule has 18 heavy (non-hydrogen) atoms. The van der Waals surface area contributed by atoms with Gasteiger partial charge in [-0.15, -0.1) is 0 Å². The van der Waals surface area contributed by atoms with Crippen molar-refractivity contribution in [3.63, 3.8) is 0 Å². The van der Waals surface area contributed by atoms with E-state index >= 15 is 0 Å². The molecule has 0 unspecified atom stereocenters. The Labute approximate surface area is 116 Å². The largest absolute Gasteiger partial charge is 0.330 e. The summed E-state index contributed by atoms with van der Waals surface area (Å²) in [5.41, 5.74) is 1.98. The number of nitrogens with one attached hydrogen (secondary N) is 1. The Morgan fingerprint density at radius 3 is 2.67 bits per heavy atom. The van der Waals surface area contributed by atoms with Crippen molar-refractivity contribution in [2.24, 2.45) is 0 Å². The fraction of sp³-hybridized carbons (Fsp3) is 0. The van der Waals surface area contributed by atoms with Crippen molar-refractivity contribution in [3.8, 4) is 5.69 Å². The molecule has 3 rings (SSSR count). The van der Waals surface area contributed by atoms with Gasteiger partial charge in [0.15, 0.2) is 4.77 Å². The minimum atomic E-state index is -0.296. The first kappa shape index (κ1) is 11.6. The highest BCUT2D eigenvalue weighted by atomic mass is 79.9. The van der Waals surface area contributed by atoms with Crippen molar-refractivity contribution in [1.82, 2.24) is 9.55 Å². The lowest BCUT2D eigenvalue weighted by molar-refractivity contribution is 0.634. The Balaban J connectivity index is 2.47. The maximum Gasteiger partial charge on any atom is 0.182 e. The van der Waals surface area contributed by atoms with Crippen LogP contribution in [0.4, 0.5) is 4.39 Å². The van der Waals surface area contributed by atoms with Gasteiger partial charge in [-0.25, -0.2) is 4.39 Å². The Bertz CT molecular complexity index is 791. The molecule has 1 N–H and O–H groups in total. The van der Waals surface area contributed by atoms with Gasteiger partial charge in [-0.3, -0.25) is 4.57 Å². The third-order valence-electron chi connectivity index (χ3n) is 2.75. The van der Waals surface area contributed by atoms with Crippen LogP contribution in [0.3, 0.4) is 0 Å². The van der Waals surface area contributed by atoms with Gasteiger partial charge in [-0.2, -0.15) is 0 Å². The molecule has 2 aromatic carbocycles. The normalized spacial score (nSPS) is 11.0. The van der Waals surface area contributed by atoms with Gasteiger partial charge in [0.1, 0.15) is 11.3 Å². The lowest BCUT2D eigenvalue weighted by Crippen LogP contribution is -1.96. The van der Waals surface area contributed by atoms with Crippen LogP contribution in [0, 0.1) is 10.6 Å². The standard InChI is InChI=1S/C13H8BrFN2S/c14-8-4-1-2-7-11(8)17-12-9(15)5-3-6-10(12)16-13(17)18/h1-7H,(H,16,18). The van der Waals surface area contributed by atoms with Gasteiger partial charge in [0.05, 0.1) is 11.2 Å². The molecule has 2 nitrogen and oxygen atoms in total. The molecule has 0 atom stereocenters. The Hall–Kier alpha value is -1.46. The van der Waals surface area contributed by atoms with Gasteiger partial charge < -0.3 is 4.98 Å². The maximum absolute atomic E-state index is 14.0. The topological polar surface area (TPSA) is 20.7 Å². The number of aromatic amines is 1. The molecule has 0 aliphatic carbocycles. The SMILES string of the molecule is Fc1cccc2[nH]c(=S)n(-c3ccccc3Br)c12. The van der Waals surface area contributed by atoms with Crippen LogP contribution in [-0.2, 0) is 0 Å². The molecule has 0 aliphatic rings. The van der Waals surface area contributed by atoms with Crippen molar-refractivity contribution in [2.75, 3.05) is 0 Å². The van der Waals surface area contributed by atoms with Gasteiger partial charge >= 0.3 is 0 Å². The van der Waals surface area contributed by atoms with Gasteiger partial charge in [-0.1, -0.05) is 18.2 Å². The molecule has 0 radical (unpaired) electrons. The number of imidazole rings is 1. The number of nitrogens with zero attached hydrogens (tertiary/aromatic N) is 1. The summed E-state index contributed by atoms with van der Waals surface area (Å²) in [5.74, 6) is -0.296. The second-order valence-corrected chi connectivity index (χ2v) is 5.09. The molecule has 1 aromatic heterocycles. The van der Waals surface area contributed by atoms with E-state index in [1.165, 1.54) is 6.07 Å². The average Bonchev–Trinajstić information content (AvgIpc) is 2.68. The molecule has 0 aliphatic heterocycles. The van der Waals surface area contributed by atoms with Crippen molar-refractivity contribution >= 4 is 39.2 Å². The maximum atomic E-state index is 14.0. The molecule has 0 spiro atoms. The van der Waals surface area contributed by atoms with Crippen molar-refractivity contribution in [2.45, 2.75) is 0 Å². The second-order valence-electron chi connectivity index (χ2n) is 3.85. The van der Waals surface area contributed by atoms with E-state index in [0.717, 1.165) is 10.2 Å². The molecule has 5 heteroatoms. The van der Waals surface area contributed by atoms with E-state index in [0.29, 0.717) is 15.8 Å². The summed E-state index contributed by atoms with van der Waals surface area (Å²) in [6.07, 6.45) is 0. The molecule has 3 aromatic rings. The summed E-state index contributed by atoms with van der Waals surface area (Å²) in [6.45, 7) is 0. The predicted octanol–water partition coefficient (Wildman–Crippen LogP) is 4.59. The van der Waals surface area contributed by atoms with E-state index in [4.69, 9.17) is 12.2 Å². The van der Waals surface area contributed by atoms with Gasteiger partial charge in [0.2, 0.25) is 0 Å². The highest BCUT2D eigenvalue weighted by molar-refractivity contribution is 9.10. The molecular weight excluding hydrogens is 315 g/mol.